The molecule has 44 heavy (non-hydrogen) atoms. The summed E-state index contributed by atoms with van der Waals surface area (Å²) in [5, 5.41) is -0.0601. The Labute approximate surface area is 265 Å². The van der Waals surface area contributed by atoms with E-state index in [1.165, 1.54) is 0 Å². The second kappa shape index (κ2) is 12.0. The molecular weight excluding hydrogens is 600 g/mol. The van der Waals surface area contributed by atoms with E-state index in [0.717, 1.165) is 49.1 Å². The largest absolute Gasteiger partial charge is 0.491 e. The van der Waals surface area contributed by atoms with Crippen molar-refractivity contribution in [3.05, 3.63) is 59.2 Å². The molecule has 2 fully saturated rings. The molecule has 1 spiro atoms. The first-order valence-electron chi connectivity index (χ1n) is 15.8. The van der Waals surface area contributed by atoms with Crippen LogP contribution in [-0.2, 0) is 19.6 Å². The second-order valence-electron chi connectivity index (χ2n) is 13.6. The Bertz CT molecular complexity index is 1510. The first-order chi connectivity index (χ1) is 21.0. The summed E-state index contributed by atoms with van der Waals surface area (Å²) in [7, 11) is -2.39. The van der Waals surface area contributed by atoms with Gasteiger partial charge in [-0.05, 0) is 93.1 Å². The maximum Gasteiger partial charge on any atom is 0.264 e. The molecule has 2 saturated carbocycles. The Morgan fingerprint density at radius 2 is 2.02 bits per heavy atom. The Hall–Kier alpha value is -2.62. The normalized spacial score (nSPS) is 39.0. The molecule has 5 aliphatic rings. The molecule has 1 aromatic carbocycles. The van der Waals surface area contributed by atoms with Gasteiger partial charge < -0.3 is 14.4 Å². The number of amides is 1. The smallest absolute Gasteiger partial charge is 0.264 e. The molecule has 1 amide bonds. The number of ether oxygens (including phenoxy) is 2. The lowest BCUT2D eigenvalue weighted by molar-refractivity contribution is -0.136. The highest BCUT2D eigenvalue weighted by Crippen LogP contribution is 2.53. The summed E-state index contributed by atoms with van der Waals surface area (Å²) in [6, 6.07) is 5.20. The predicted molar refractivity (Wildman–Crippen MR) is 171 cm³/mol. The van der Waals surface area contributed by atoms with E-state index in [4.69, 9.17) is 21.1 Å². The quantitative estimate of drug-likeness (QED) is 0.329. The average Bonchev–Trinajstić information content (AvgIpc) is 3.14. The molecule has 3 aliphatic carbocycles. The maximum absolute atomic E-state index is 13.4. The summed E-state index contributed by atoms with van der Waals surface area (Å²) in [6.07, 6.45) is 16.4. The Balaban J connectivity index is 1.44. The zero-order valence-corrected chi connectivity index (χ0v) is 27.3. The minimum atomic E-state index is -3.97. The molecule has 2 aliphatic heterocycles. The van der Waals surface area contributed by atoms with Gasteiger partial charge in [0.05, 0.1) is 17.5 Å². The number of anilines is 1. The van der Waals surface area contributed by atoms with E-state index in [-0.39, 0.29) is 34.7 Å². The summed E-state index contributed by atoms with van der Waals surface area (Å²) in [6.45, 7) is 5.32. The van der Waals surface area contributed by atoms with E-state index in [1.54, 1.807) is 32.2 Å². The number of methoxy groups -OCH3 is 1. The number of sulfonamides is 1. The maximum atomic E-state index is 13.4. The molecule has 2 heterocycles. The van der Waals surface area contributed by atoms with Crippen molar-refractivity contribution in [2.45, 2.75) is 63.2 Å². The highest BCUT2D eigenvalue weighted by molar-refractivity contribution is 7.90. The van der Waals surface area contributed by atoms with Gasteiger partial charge in [0.2, 0.25) is 10.0 Å². The SMILES string of the molecule is CO[C@]1(C=O)/C=C/CC(C)[C@@H](C)S(=O)(=O)NC(=O)c2ccc3c(c2)N(C[C@@H]2CC[C@H]21)C[C@@]1(CCCC2C=C(Cl)C=CC21)CO3. The third-order valence-electron chi connectivity index (χ3n) is 11.2. The van der Waals surface area contributed by atoms with E-state index >= 15 is 0 Å². The summed E-state index contributed by atoms with van der Waals surface area (Å²) >= 11 is 6.44. The van der Waals surface area contributed by atoms with Gasteiger partial charge in [0.1, 0.15) is 11.4 Å². The minimum absolute atomic E-state index is 0.0314. The lowest BCUT2D eigenvalue weighted by atomic mass is 9.60. The first kappa shape index (κ1) is 31.4. The number of halogens is 1. The number of benzene rings is 1. The third-order valence-corrected chi connectivity index (χ3v) is 13.4. The predicted octanol–water partition coefficient (Wildman–Crippen LogP) is 5.64. The van der Waals surface area contributed by atoms with Crippen molar-refractivity contribution in [2.75, 3.05) is 31.7 Å². The van der Waals surface area contributed by atoms with Gasteiger partial charge in [-0.1, -0.05) is 43.2 Å². The van der Waals surface area contributed by atoms with Crippen molar-refractivity contribution in [1.82, 2.24) is 4.72 Å². The van der Waals surface area contributed by atoms with Crippen LogP contribution < -0.4 is 14.4 Å². The van der Waals surface area contributed by atoms with Crippen LogP contribution in [0.15, 0.2) is 53.6 Å². The van der Waals surface area contributed by atoms with E-state index in [9.17, 15) is 18.0 Å². The minimum Gasteiger partial charge on any atom is -0.491 e. The van der Waals surface area contributed by atoms with Crippen LogP contribution in [0.1, 0.15) is 62.7 Å². The van der Waals surface area contributed by atoms with Crippen molar-refractivity contribution in [3.63, 3.8) is 0 Å². The topological polar surface area (TPSA) is 102 Å². The van der Waals surface area contributed by atoms with Crippen LogP contribution in [0.2, 0.25) is 0 Å². The van der Waals surface area contributed by atoms with Gasteiger partial charge in [0.15, 0.2) is 6.29 Å². The fraction of sp³-hybridized carbons (Fsp3) is 0.588. The zero-order chi connectivity index (χ0) is 31.3. The second-order valence-corrected chi connectivity index (χ2v) is 16.1. The van der Waals surface area contributed by atoms with Crippen LogP contribution in [0.25, 0.3) is 0 Å². The van der Waals surface area contributed by atoms with Crippen molar-refractivity contribution in [3.8, 4) is 5.75 Å². The fourth-order valence-electron chi connectivity index (χ4n) is 8.18. The van der Waals surface area contributed by atoms with E-state index in [0.29, 0.717) is 37.8 Å². The van der Waals surface area contributed by atoms with Gasteiger partial charge in [-0.15, -0.1) is 0 Å². The van der Waals surface area contributed by atoms with E-state index < -0.39 is 26.8 Å². The van der Waals surface area contributed by atoms with Crippen molar-refractivity contribution in [1.29, 1.82) is 0 Å². The first-order valence-corrected chi connectivity index (χ1v) is 17.8. The molecule has 0 aromatic heterocycles. The van der Waals surface area contributed by atoms with Crippen LogP contribution in [0.4, 0.5) is 5.69 Å². The van der Waals surface area contributed by atoms with Crippen molar-refractivity contribution >= 4 is 39.5 Å². The van der Waals surface area contributed by atoms with Crippen LogP contribution >= 0.6 is 11.6 Å². The van der Waals surface area contributed by atoms with Crippen molar-refractivity contribution < 1.29 is 27.5 Å². The van der Waals surface area contributed by atoms with E-state index in [2.05, 4.69) is 21.8 Å². The number of carbonyl (C=O) groups excluding carboxylic acids is 2. The van der Waals surface area contributed by atoms with Gasteiger partial charge in [0.25, 0.3) is 5.91 Å². The number of nitrogens with one attached hydrogen (secondary N) is 1. The lowest BCUT2D eigenvalue weighted by Crippen LogP contribution is -2.54. The Morgan fingerprint density at radius 3 is 2.75 bits per heavy atom. The van der Waals surface area contributed by atoms with Gasteiger partial charge in [-0.3, -0.25) is 9.59 Å². The molecule has 10 heteroatoms. The van der Waals surface area contributed by atoms with Gasteiger partial charge in [-0.2, -0.15) is 0 Å². The number of nitrogens with zero attached hydrogens (tertiary/aromatic N) is 1. The van der Waals surface area contributed by atoms with Crippen LogP contribution in [0.5, 0.6) is 5.75 Å². The van der Waals surface area contributed by atoms with Gasteiger partial charge in [-0.25, -0.2) is 13.1 Å². The Kier molecular flexibility index (Phi) is 8.52. The average molecular weight is 643 g/mol. The molecular formula is C34H43ClN2O6S. The molecule has 6 rings (SSSR count). The number of allylic oxidation sites excluding steroid dienone is 5. The zero-order valence-electron chi connectivity index (χ0n) is 25.7. The molecule has 3 unspecified atom stereocenters. The van der Waals surface area contributed by atoms with Crippen LogP contribution in [-0.4, -0.2) is 58.3 Å². The molecule has 2 bridgehead atoms. The molecule has 8 nitrogen and oxygen atoms in total. The monoisotopic (exact) mass is 642 g/mol. The van der Waals surface area contributed by atoms with Crippen molar-refractivity contribution in [2.24, 2.45) is 35.0 Å². The third kappa shape index (κ3) is 5.53. The molecule has 0 radical (unpaired) electrons. The standard InChI is InChI=1S/C34H43ClN2O6S/c1-22-6-4-15-34(20-38,42-3)29-11-8-26(29)18-37-19-33(14-5-7-24-16-27(35)10-12-28(24)33)21-43-31-13-9-25(17-30(31)37)32(39)36-44(40,41)23(22)2/h4,9-10,12-13,15-17,20,22-24,26,28-29H,5-8,11,14,18-19,21H2,1-3H3,(H,36,39)/b15-4+/t22?,23-,24?,26+,28?,29-,33+,34+/m1/s1. The number of rotatable bonds is 2. The molecule has 1 N–H and O–H groups in total. The lowest BCUT2D eigenvalue weighted by Gasteiger charge is -2.50. The number of hydrogen-bond donors (Lipinski definition) is 1. The number of hydrogen-bond acceptors (Lipinski definition) is 7. The number of aldehydes is 1. The van der Waals surface area contributed by atoms with Crippen LogP contribution in [0.3, 0.4) is 0 Å². The number of fused-ring (bicyclic) bond motifs is 4. The number of carbonyl (C=O) groups is 2. The van der Waals surface area contributed by atoms with E-state index in [1.807, 2.05) is 25.2 Å². The summed E-state index contributed by atoms with van der Waals surface area (Å²) in [5.74, 6) is 0.436. The highest BCUT2D eigenvalue weighted by atomic mass is 35.5. The molecule has 8 atom stereocenters. The molecule has 0 saturated heterocycles. The highest BCUT2D eigenvalue weighted by Gasteiger charge is 2.51. The van der Waals surface area contributed by atoms with Crippen LogP contribution in [0, 0.1) is 35.0 Å². The summed E-state index contributed by atoms with van der Waals surface area (Å²) in [4.78, 5) is 28.4. The van der Waals surface area contributed by atoms with Gasteiger partial charge in [0, 0.05) is 42.1 Å². The summed E-state index contributed by atoms with van der Waals surface area (Å²) in [5.41, 5.74) is -0.245. The molecule has 1 aromatic rings. The van der Waals surface area contributed by atoms with Gasteiger partial charge >= 0.3 is 0 Å². The fourth-order valence-corrected chi connectivity index (χ4v) is 9.70. The Morgan fingerprint density at radius 1 is 1.20 bits per heavy atom. The molecule has 238 valence electrons. The summed E-state index contributed by atoms with van der Waals surface area (Å²) < 4.78 is 41.4.